The minimum atomic E-state index is -0.771. The van der Waals surface area contributed by atoms with Crippen LogP contribution in [0.3, 0.4) is 0 Å². The highest BCUT2D eigenvalue weighted by Gasteiger charge is 2.47. The average molecular weight is 210 g/mol. The molecule has 1 N–H and O–H groups in total. The zero-order valence-electron chi connectivity index (χ0n) is 9.01. The van der Waals surface area contributed by atoms with Crippen LogP contribution < -0.4 is 0 Å². The normalized spacial score (nSPS) is 25.3. The summed E-state index contributed by atoms with van der Waals surface area (Å²) < 4.78 is 0. The molecule has 0 aromatic carbocycles. The Hall–Kier alpha value is -1.46. The van der Waals surface area contributed by atoms with Gasteiger partial charge in [-0.25, -0.2) is 0 Å². The first kappa shape index (κ1) is 10.1. The number of carboxylic acids is 1. The molecule has 1 fully saturated rings. The molecule has 1 aromatic heterocycles. The van der Waals surface area contributed by atoms with Crippen molar-refractivity contribution in [3.63, 3.8) is 0 Å². The third-order valence-electron chi connectivity index (χ3n) is 2.47. The number of aliphatic carboxylic acids is 1. The molecule has 82 valence electrons. The molecule has 0 radical (unpaired) electrons. The Bertz CT molecular complexity index is 393. The second kappa shape index (κ2) is 3.01. The van der Waals surface area contributed by atoms with E-state index in [1.54, 1.807) is 0 Å². The number of aromatic nitrogens is 4. The molecule has 15 heavy (non-hydrogen) atoms. The highest BCUT2D eigenvalue weighted by molar-refractivity contribution is 5.74. The third kappa shape index (κ3) is 1.84. The van der Waals surface area contributed by atoms with Crippen molar-refractivity contribution in [3.8, 4) is 0 Å². The van der Waals surface area contributed by atoms with Crippen LogP contribution in [0.2, 0.25) is 0 Å². The standard InChI is InChI=1S/C9H14N4O2/c1-9(2,3)13-11-7(10-12-13)5-4-6(5)8(14)15/h5-6H,4H2,1-3H3,(H,14,15)/t5-,6-/m1/s1. The van der Waals surface area contributed by atoms with Crippen molar-refractivity contribution in [2.45, 2.75) is 38.6 Å². The maximum atomic E-state index is 10.7. The van der Waals surface area contributed by atoms with Crippen LogP contribution in [0.15, 0.2) is 0 Å². The topological polar surface area (TPSA) is 80.9 Å². The van der Waals surface area contributed by atoms with Crippen LogP contribution >= 0.6 is 0 Å². The van der Waals surface area contributed by atoms with E-state index in [2.05, 4.69) is 15.4 Å². The van der Waals surface area contributed by atoms with Crippen LogP contribution in [-0.2, 0) is 10.3 Å². The predicted octanol–water partition coefficient (Wildman–Crippen LogP) is 0.616. The number of hydrogen-bond donors (Lipinski definition) is 1. The van der Waals surface area contributed by atoms with E-state index in [9.17, 15) is 4.79 Å². The summed E-state index contributed by atoms with van der Waals surface area (Å²) >= 11 is 0. The molecule has 0 bridgehead atoms. The summed E-state index contributed by atoms with van der Waals surface area (Å²) in [6.07, 6.45) is 0.630. The van der Waals surface area contributed by atoms with E-state index >= 15 is 0 Å². The number of carbonyl (C=O) groups is 1. The first-order valence-corrected chi connectivity index (χ1v) is 4.93. The van der Waals surface area contributed by atoms with Crippen molar-refractivity contribution in [1.82, 2.24) is 20.2 Å². The van der Waals surface area contributed by atoms with E-state index in [-0.39, 0.29) is 17.4 Å². The highest BCUT2D eigenvalue weighted by Crippen LogP contribution is 2.45. The lowest BCUT2D eigenvalue weighted by Crippen LogP contribution is -2.24. The maximum absolute atomic E-state index is 10.7. The van der Waals surface area contributed by atoms with E-state index in [0.717, 1.165) is 0 Å². The molecule has 0 amide bonds. The lowest BCUT2D eigenvalue weighted by molar-refractivity contribution is -0.138. The van der Waals surface area contributed by atoms with Crippen molar-refractivity contribution in [3.05, 3.63) is 5.82 Å². The molecule has 2 atom stereocenters. The summed E-state index contributed by atoms with van der Waals surface area (Å²) in [5, 5.41) is 20.8. The Morgan fingerprint density at radius 3 is 2.60 bits per heavy atom. The van der Waals surface area contributed by atoms with Crippen molar-refractivity contribution in [2.24, 2.45) is 5.92 Å². The Morgan fingerprint density at radius 1 is 1.53 bits per heavy atom. The highest BCUT2D eigenvalue weighted by atomic mass is 16.4. The summed E-state index contributed by atoms with van der Waals surface area (Å²) in [6, 6.07) is 0. The van der Waals surface area contributed by atoms with Gasteiger partial charge in [0.15, 0.2) is 5.82 Å². The second-order valence-electron chi connectivity index (χ2n) is 4.89. The van der Waals surface area contributed by atoms with E-state index in [0.29, 0.717) is 12.2 Å². The molecule has 1 aliphatic carbocycles. The summed E-state index contributed by atoms with van der Waals surface area (Å²) in [5.41, 5.74) is -0.209. The average Bonchev–Trinajstić information content (AvgIpc) is 2.74. The molecule has 0 unspecified atom stereocenters. The van der Waals surface area contributed by atoms with Crippen molar-refractivity contribution in [2.75, 3.05) is 0 Å². The number of hydrogen-bond acceptors (Lipinski definition) is 4. The van der Waals surface area contributed by atoms with Crippen molar-refractivity contribution in [1.29, 1.82) is 0 Å². The molecule has 2 rings (SSSR count). The molecule has 1 aromatic rings. The van der Waals surface area contributed by atoms with Crippen LogP contribution in [0.25, 0.3) is 0 Å². The maximum Gasteiger partial charge on any atom is 0.307 e. The van der Waals surface area contributed by atoms with Gasteiger partial charge in [-0.15, -0.1) is 10.2 Å². The molecule has 1 heterocycles. The zero-order chi connectivity index (χ0) is 11.2. The zero-order valence-corrected chi connectivity index (χ0v) is 9.01. The summed E-state index contributed by atoms with van der Waals surface area (Å²) in [6.45, 7) is 5.92. The van der Waals surface area contributed by atoms with Gasteiger partial charge in [0.05, 0.1) is 11.5 Å². The van der Waals surface area contributed by atoms with Gasteiger partial charge in [-0.3, -0.25) is 4.79 Å². The van der Waals surface area contributed by atoms with Gasteiger partial charge in [0.1, 0.15) is 0 Å². The quantitative estimate of drug-likeness (QED) is 0.773. The van der Waals surface area contributed by atoms with E-state index in [1.165, 1.54) is 4.80 Å². The number of rotatable bonds is 2. The smallest absolute Gasteiger partial charge is 0.307 e. The van der Waals surface area contributed by atoms with Gasteiger partial charge in [-0.2, -0.15) is 4.80 Å². The second-order valence-corrected chi connectivity index (χ2v) is 4.89. The monoisotopic (exact) mass is 210 g/mol. The van der Waals surface area contributed by atoms with Crippen LogP contribution in [0.1, 0.15) is 38.9 Å². The molecular formula is C9H14N4O2. The molecular weight excluding hydrogens is 196 g/mol. The largest absolute Gasteiger partial charge is 0.481 e. The van der Waals surface area contributed by atoms with E-state index < -0.39 is 5.97 Å². The van der Waals surface area contributed by atoms with E-state index in [1.807, 2.05) is 20.8 Å². The Balaban J connectivity index is 2.13. The van der Waals surface area contributed by atoms with E-state index in [4.69, 9.17) is 5.11 Å². The van der Waals surface area contributed by atoms with Gasteiger partial charge in [0, 0.05) is 5.92 Å². The Kier molecular flexibility index (Phi) is 2.02. The number of nitrogens with zero attached hydrogens (tertiary/aromatic N) is 4. The fourth-order valence-electron chi connectivity index (χ4n) is 1.41. The lowest BCUT2D eigenvalue weighted by atomic mass is 10.1. The van der Waals surface area contributed by atoms with Gasteiger partial charge in [0.25, 0.3) is 0 Å². The van der Waals surface area contributed by atoms with Crippen molar-refractivity contribution >= 4 is 5.97 Å². The minimum Gasteiger partial charge on any atom is -0.481 e. The summed E-state index contributed by atoms with van der Waals surface area (Å²) in [4.78, 5) is 12.2. The van der Waals surface area contributed by atoms with Gasteiger partial charge >= 0.3 is 5.97 Å². The lowest BCUT2D eigenvalue weighted by Gasteiger charge is -2.15. The van der Waals surface area contributed by atoms with Crippen LogP contribution in [0.5, 0.6) is 0 Å². The Morgan fingerprint density at radius 2 is 2.20 bits per heavy atom. The van der Waals surface area contributed by atoms with Gasteiger partial charge in [-0.1, -0.05) is 0 Å². The summed E-state index contributed by atoms with van der Waals surface area (Å²) in [5.74, 6) is -0.578. The molecule has 1 saturated carbocycles. The van der Waals surface area contributed by atoms with Crippen molar-refractivity contribution < 1.29 is 9.90 Å². The molecule has 1 aliphatic rings. The SMILES string of the molecule is CC(C)(C)n1nnc([C@@H]2C[C@H]2C(=O)O)n1. The number of carboxylic acid groups (broad SMARTS) is 1. The molecule has 6 heteroatoms. The fraction of sp³-hybridized carbons (Fsp3) is 0.778. The molecule has 0 saturated heterocycles. The minimum absolute atomic E-state index is 0.0430. The summed E-state index contributed by atoms with van der Waals surface area (Å²) in [7, 11) is 0. The van der Waals surface area contributed by atoms with Crippen LogP contribution in [0.4, 0.5) is 0 Å². The molecule has 6 nitrogen and oxygen atoms in total. The number of tetrazole rings is 1. The van der Waals surface area contributed by atoms with Crippen LogP contribution in [0, 0.1) is 5.92 Å². The third-order valence-corrected chi connectivity index (χ3v) is 2.47. The Labute approximate surface area is 87.3 Å². The predicted molar refractivity (Wildman–Crippen MR) is 51.3 cm³/mol. The van der Waals surface area contributed by atoms with Gasteiger partial charge < -0.3 is 5.11 Å². The first-order chi connectivity index (χ1) is 6.89. The van der Waals surface area contributed by atoms with Gasteiger partial charge in [0.2, 0.25) is 0 Å². The molecule has 0 aliphatic heterocycles. The molecule has 0 spiro atoms. The van der Waals surface area contributed by atoms with Crippen LogP contribution in [-0.4, -0.2) is 31.3 Å². The first-order valence-electron chi connectivity index (χ1n) is 4.93. The fourth-order valence-corrected chi connectivity index (χ4v) is 1.41. The van der Waals surface area contributed by atoms with Gasteiger partial charge in [-0.05, 0) is 32.4 Å².